The summed E-state index contributed by atoms with van der Waals surface area (Å²) >= 11 is 0. The zero-order valence-corrected chi connectivity index (χ0v) is 16.1. The second-order valence-electron chi connectivity index (χ2n) is 6.33. The molecule has 0 aliphatic rings. The molecular weight excluding hydrogens is 368 g/mol. The van der Waals surface area contributed by atoms with Crippen LogP contribution in [0.4, 0.5) is 0 Å². The van der Waals surface area contributed by atoms with Crippen LogP contribution < -0.4 is 20.3 Å². The van der Waals surface area contributed by atoms with Crippen molar-refractivity contribution in [1.82, 2.24) is 10.9 Å². The van der Waals surface area contributed by atoms with E-state index in [1.165, 1.54) is 0 Å². The Morgan fingerprint density at radius 2 is 1.24 bits per heavy atom. The number of aryl methyl sites for hydroxylation is 1. The Balaban J connectivity index is 1.38. The third-order valence-corrected chi connectivity index (χ3v) is 4.13. The Labute approximate surface area is 169 Å². The third-order valence-electron chi connectivity index (χ3n) is 4.13. The minimum absolute atomic E-state index is 0.201. The number of carbonyl (C=O) groups is 2. The summed E-state index contributed by atoms with van der Waals surface area (Å²) in [4.78, 5) is 23.6. The predicted octanol–water partition coefficient (Wildman–Crippen LogP) is 3.27. The van der Waals surface area contributed by atoms with E-state index in [1.54, 1.807) is 18.2 Å². The zero-order valence-electron chi connectivity index (χ0n) is 16.1. The van der Waals surface area contributed by atoms with Gasteiger partial charge in [-0.05, 0) is 41.8 Å². The van der Waals surface area contributed by atoms with E-state index in [4.69, 9.17) is 9.47 Å². The highest BCUT2D eigenvalue weighted by Gasteiger charge is 2.07. The topological polar surface area (TPSA) is 76.7 Å². The van der Waals surface area contributed by atoms with Crippen LogP contribution in [0.25, 0.3) is 11.1 Å². The average Bonchev–Trinajstić information content (AvgIpc) is 2.76. The molecule has 0 spiro atoms. The van der Waals surface area contributed by atoms with E-state index in [2.05, 4.69) is 10.9 Å². The molecule has 0 saturated heterocycles. The average molecular weight is 390 g/mol. The summed E-state index contributed by atoms with van der Waals surface area (Å²) in [6, 6.07) is 24.8. The fourth-order valence-corrected chi connectivity index (χ4v) is 2.60. The van der Waals surface area contributed by atoms with Crippen LogP contribution in [-0.4, -0.2) is 25.0 Å². The van der Waals surface area contributed by atoms with Crippen molar-refractivity contribution < 1.29 is 19.1 Å². The third kappa shape index (κ3) is 6.10. The molecule has 0 fully saturated rings. The predicted molar refractivity (Wildman–Crippen MR) is 110 cm³/mol. The maximum absolute atomic E-state index is 11.8. The van der Waals surface area contributed by atoms with Crippen LogP contribution in [0.15, 0.2) is 78.9 Å². The van der Waals surface area contributed by atoms with Gasteiger partial charge in [0.15, 0.2) is 13.2 Å². The Bertz CT molecular complexity index is 956. The van der Waals surface area contributed by atoms with Crippen molar-refractivity contribution >= 4 is 11.8 Å². The van der Waals surface area contributed by atoms with Crippen molar-refractivity contribution in [1.29, 1.82) is 0 Å². The highest BCUT2D eigenvalue weighted by atomic mass is 16.5. The highest BCUT2D eigenvalue weighted by molar-refractivity contribution is 5.83. The highest BCUT2D eigenvalue weighted by Crippen LogP contribution is 2.22. The van der Waals surface area contributed by atoms with E-state index in [1.807, 2.05) is 67.6 Å². The van der Waals surface area contributed by atoms with Gasteiger partial charge in [-0.2, -0.15) is 0 Å². The van der Waals surface area contributed by atoms with Crippen LogP contribution in [0.3, 0.4) is 0 Å². The molecule has 2 amide bonds. The first-order valence-corrected chi connectivity index (χ1v) is 9.16. The van der Waals surface area contributed by atoms with Gasteiger partial charge in [0.05, 0.1) is 0 Å². The Hall–Kier alpha value is -3.80. The molecule has 0 bridgehead atoms. The lowest BCUT2D eigenvalue weighted by Gasteiger charge is -2.11. The molecule has 6 nitrogen and oxygen atoms in total. The molecule has 0 unspecified atom stereocenters. The molecule has 0 aromatic heterocycles. The van der Waals surface area contributed by atoms with Gasteiger partial charge in [0.1, 0.15) is 11.5 Å². The molecule has 3 aromatic rings. The lowest BCUT2D eigenvalue weighted by molar-refractivity contribution is -0.131. The number of carbonyl (C=O) groups excluding carboxylic acids is 2. The number of hydrogen-bond donors (Lipinski definition) is 2. The van der Waals surface area contributed by atoms with Crippen LogP contribution in [0.5, 0.6) is 11.5 Å². The van der Waals surface area contributed by atoms with Gasteiger partial charge in [-0.25, -0.2) is 0 Å². The monoisotopic (exact) mass is 390 g/mol. The summed E-state index contributed by atoms with van der Waals surface area (Å²) in [5.41, 5.74) is 7.68. The lowest BCUT2D eigenvalue weighted by Crippen LogP contribution is -2.45. The quantitative estimate of drug-likeness (QED) is 0.607. The number of hydrazine groups is 1. The molecule has 29 heavy (non-hydrogen) atoms. The van der Waals surface area contributed by atoms with Crippen LogP contribution in [-0.2, 0) is 9.59 Å². The summed E-state index contributed by atoms with van der Waals surface area (Å²) in [7, 11) is 0. The zero-order chi connectivity index (χ0) is 20.5. The standard InChI is InChI=1S/C23H22N2O4/c1-17-7-5-6-10-21(17)29-16-23(27)25-24-22(26)15-28-20-13-11-19(12-14-20)18-8-3-2-4-9-18/h2-14H,15-16H2,1H3,(H,24,26)(H,25,27). The van der Waals surface area contributed by atoms with Gasteiger partial charge in [-0.15, -0.1) is 0 Å². The number of nitrogens with one attached hydrogen (secondary N) is 2. The fraction of sp³-hybridized carbons (Fsp3) is 0.130. The fourth-order valence-electron chi connectivity index (χ4n) is 2.60. The molecule has 0 atom stereocenters. The van der Waals surface area contributed by atoms with Gasteiger partial charge in [0.2, 0.25) is 0 Å². The minimum atomic E-state index is -0.471. The van der Waals surface area contributed by atoms with Crippen molar-refractivity contribution in [2.24, 2.45) is 0 Å². The number of benzene rings is 3. The molecule has 3 aromatic carbocycles. The molecule has 0 heterocycles. The molecule has 148 valence electrons. The molecule has 0 aliphatic heterocycles. The van der Waals surface area contributed by atoms with Crippen molar-refractivity contribution in [3.05, 3.63) is 84.4 Å². The first-order chi connectivity index (χ1) is 14.1. The molecule has 0 radical (unpaired) electrons. The minimum Gasteiger partial charge on any atom is -0.484 e. The number of rotatable bonds is 7. The number of amides is 2. The summed E-state index contributed by atoms with van der Waals surface area (Å²) < 4.78 is 10.9. The Morgan fingerprint density at radius 1 is 0.690 bits per heavy atom. The van der Waals surface area contributed by atoms with Crippen molar-refractivity contribution in [3.63, 3.8) is 0 Å². The lowest BCUT2D eigenvalue weighted by atomic mass is 10.1. The van der Waals surface area contributed by atoms with Gasteiger partial charge in [-0.3, -0.25) is 20.4 Å². The Morgan fingerprint density at radius 3 is 1.90 bits per heavy atom. The van der Waals surface area contributed by atoms with E-state index in [9.17, 15) is 9.59 Å². The molecule has 2 N–H and O–H groups in total. The van der Waals surface area contributed by atoms with Crippen molar-refractivity contribution in [2.75, 3.05) is 13.2 Å². The van der Waals surface area contributed by atoms with E-state index >= 15 is 0 Å². The van der Waals surface area contributed by atoms with E-state index in [-0.39, 0.29) is 13.2 Å². The summed E-state index contributed by atoms with van der Waals surface area (Å²) in [5, 5.41) is 0. The summed E-state index contributed by atoms with van der Waals surface area (Å²) in [6.45, 7) is 1.47. The van der Waals surface area contributed by atoms with Crippen LogP contribution in [0.1, 0.15) is 5.56 Å². The van der Waals surface area contributed by atoms with Gasteiger partial charge >= 0.3 is 0 Å². The van der Waals surface area contributed by atoms with Gasteiger partial charge in [0, 0.05) is 0 Å². The first-order valence-electron chi connectivity index (χ1n) is 9.16. The smallest absolute Gasteiger partial charge is 0.276 e. The van der Waals surface area contributed by atoms with Gasteiger partial charge in [-0.1, -0.05) is 60.7 Å². The molecular formula is C23H22N2O4. The summed E-state index contributed by atoms with van der Waals surface area (Å²) in [5.74, 6) is 0.250. The molecule has 6 heteroatoms. The van der Waals surface area contributed by atoms with E-state index in [0.717, 1.165) is 16.7 Å². The number of para-hydroxylation sites is 1. The van der Waals surface area contributed by atoms with Crippen LogP contribution in [0.2, 0.25) is 0 Å². The van der Waals surface area contributed by atoms with Crippen LogP contribution in [0, 0.1) is 6.92 Å². The van der Waals surface area contributed by atoms with Gasteiger partial charge in [0.25, 0.3) is 11.8 Å². The van der Waals surface area contributed by atoms with Gasteiger partial charge < -0.3 is 9.47 Å². The maximum atomic E-state index is 11.8. The maximum Gasteiger partial charge on any atom is 0.276 e. The second kappa shape index (κ2) is 9.94. The normalized spacial score (nSPS) is 10.1. The number of hydrogen-bond acceptors (Lipinski definition) is 4. The van der Waals surface area contributed by atoms with E-state index in [0.29, 0.717) is 11.5 Å². The largest absolute Gasteiger partial charge is 0.484 e. The second-order valence-corrected chi connectivity index (χ2v) is 6.33. The molecule has 0 aliphatic carbocycles. The van der Waals surface area contributed by atoms with Crippen LogP contribution >= 0.6 is 0 Å². The van der Waals surface area contributed by atoms with Crippen molar-refractivity contribution in [3.8, 4) is 22.6 Å². The summed E-state index contributed by atoms with van der Waals surface area (Å²) in [6.07, 6.45) is 0. The SMILES string of the molecule is Cc1ccccc1OCC(=O)NNC(=O)COc1ccc(-c2ccccc2)cc1. The molecule has 3 rings (SSSR count). The first kappa shape index (κ1) is 19.9. The number of ether oxygens (including phenoxy) is 2. The molecule has 0 saturated carbocycles. The Kier molecular flexibility index (Phi) is 6.84. The van der Waals surface area contributed by atoms with E-state index < -0.39 is 11.8 Å². The van der Waals surface area contributed by atoms with Crippen molar-refractivity contribution in [2.45, 2.75) is 6.92 Å².